The Labute approximate surface area is 171 Å². The smallest absolute Gasteiger partial charge is 0.550 e. The van der Waals surface area contributed by atoms with E-state index in [2.05, 4.69) is 13.8 Å². The summed E-state index contributed by atoms with van der Waals surface area (Å²) in [6.07, 6.45) is 10.5. The van der Waals surface area contributed by atoms with Crippen molar-refractivity contribution in [3.05, 3.63) is 0 Å². The number of carboxylic acid groups (broad SMARTS) is 2. The first-order valence-corrected chi connectivity index (χ1v) is 9.44. The fraction of sp³-hybridized carbons (Fsp3) is 0.900. The monoisotopic (exact) mass is 366 g/mol. The first kappa shape index (κ1) is 29.5. The molecule has 0 spiro atoms. The maximum atomic E-state index is 10.6. The van der Waals surface area contributed by atoms with E-state index in [1.807, 2.05) is 0 Å². The molecule has 0 amide bonds. The summed E-state index contributed by atoms with van der Waals surface area (Å²) in [6, 6.07) is 0. The average molecular weight is 367 g/mol. The third kappa shape index (κ3) is 16.9. The van der Waals surface area contributed by atoms with Gasteiger partial charge in [0.15, 0.2) is 0 Å². The molecule has 0 aromatic carbocycles. The van der Waals surface area contributed by atoms with Gasteiger partial charge >= 0.3 is 23.1 Å². The van der Waals surface area contributed by atoms with Crippen molar-refractivity contribution in [1.29, 1.82) is 0 Å². The summed E-state index contributed by atoms with van der Waals surface area (Å²) in [7, 11) is 0. The van der Waals surface area contributed by atoms with Crippen molar-refractivity contribution >= 4 is 35.0 Å². The molecule has 0 aliphatic heterocycles. The van der Waals surface area contributed by atoms with Crippen molar-refractivity contribution in [3.8, 4) is 0 Å². The maximum Gasteiger partial charge on any atom is 2.00 e. The van der Waals surface area contributed by atoms with Gasteiger partial charge in [-0.05, 0) is 12.8 Å². The van der Waals surface area contributed by atoms with Gasteiger partial charge in [0.1, 0.15) is 0 Å². The zero-order valence-corrected chi connectivity index (χ0v) is 18.8. The number of hydrogen-bond donors (Lipinski definition) is 0. The third-order valence-corrected chi connectivity index (χ3v) is 4.42. The van der Waals surface area contributed by atoms with Gasteiger partial charge in [0.05, 0.1) is 0 Å². The number of hydrogen-bond acceptors (Lipinski definition) is 4. The minimum absolute atomic E-state index is 0. The minimum Gasteiger partial charge on any atom is -0.550 e. The molecule has 144 valence electrons. The molecular formula is C20H38MgO4. The predicted molar refractivity (Wildman–Crippen MR) is 101 cm³/mol. The largest absolute Gasteiger partial charge is 2.00 e. The second kappa shape index (κ2) is 15.9. The van der Waals surface area contributed by atoms with Crippen LogP contribution in [0, 0.1) is 10.8 Å². The molecule has 0 N–H and O–H groups in total. The SMILES string of the molecule is CCCCCCC(C)(C)C(=O)[O-].CCCCCCC(C)(C)C(=O)[O-].[Mg+2]. The maximum absolute atomic E-state index is 10.6. The van der Waals surface area contributed by atoms with Crippen LogP contribution in [0.4, 0.5) is 0 Å². The Morgan fingerprint density at radius 2 is 0.920 bits per heavy atom. The van der Waals surface area contributed by atoms with E-state index >= 15 is 0 Å². The number of carbonyl (C=O) groups excluding carboxylic acids is 2. The van der Waals surface area contributed by atoms with Gasteiger partial charge < -0.3 is 19.8 Å². The quantitative estimate of drug-likeness (QED) is 0.392. The van der Waals surface area contributed by atoms with E-state index in [4.69, 9.17) is 0 Å². The van der Waals surface area contributed by atoms with E-state index in [-0.39, 0.29) is 23.1 Å². The first-order valence-electron chi connectivity index (χ1n) is 9.44. The van der Waals surface area contributed by atoms with Gasteiger partial charge in [-0.15, -0.1) is 0 Å². The van der Waals surface area contributed by atoms with Crippen LogP contribution in [0.2, 0.25) is 0 Å². The normalized spacial score (nSPS) is 11.1. The molecule has 0 fully saturated rings. The van der Waals surface area contributed by atoms with Crippen LogP contribution < -0.4 is 10.2 Å². The topological polar surface area (TPSA) is 80.3 Å². The average Bonchev–Trinajstić information content (AvgIpc) is 2.48. The van der Waals surface area contributed by atoms with E-state index in [1.165, 1.54) is 25.7 Å². The van der Waals surface area contributed by atoms with Crippen molar-refractivity contribution in [2.45, 2.75) is 106 Å². The van der Waals surface area contributed by atoms with Crippen LogP contribution in [-0.2, 0) is 9.59 Å². The van der Waals surface area contributed by atoms with Crippen molar-refractivity contribution in [2.75, 3.05) is 0 Å². The summed E-state index contributed by atoms with van der Waals surface area (Å²) in [5.41, 5.74) is -1.29. The van der Waals surface area contributed by atoms with Crippen molar-refractivity contribution in [2.24, 2.45) is 10.8 Å². The number of rotatable bonds is 12. The second-order valence-corrected chi connectivity index (χ2v) is 7.96. The molecule has 0 radical (unpaired) electrons. The van der Waals surface area contributed by atoms with Crippen molar-refractivity contribution in [3.63, 3.8) is 0 Å². The molecule has 0 bridgehead atoms. The molecule has 0 saturated carbocycles. The molecule has 0 unspecified atom stereocenters. The van der Waals surface area contributed by atoms with Crippen molar-refractivity contribution < 1.29 is 19.8 Å². The van der Waals surface area contributed by atoms with E-state index in [1.54, 1.807) is 27.7 Å². The van der Waals surface area contributed by atoms with Gasteiger partial charge in [0.2, 0.25) is 0 Å². The molecule has 0 aromatic rings. The van der Waals surface area contributed by atoms with Crippen LogP contribution in [0.15, 0.2) is 0 Å². The fourth-order valence-electron chi connectivity index (χ4n) is 2.19. The Morgan fingerprint density at radius 3 is 1.12 bits per heavy atom. The summed E-state index contributed by atoms with van der Waals surface area (Å²) in [5.74, 6) is -1.86. The van der Waals surface area contributed by atoms with E-state index < -0.39 is 22.8 Å². The Hall–Kier alpha value is -0.294. The van der Waals surface area contributed by atoms with Crippen LogP contribution in [0.3, 0.4) is 0 Å². The molecule has 4 nitrogen and oxygen atoms in total. The molecule has 25 heavy (non-hydrogen) atoms. The minimum atomic E-state index is -0.931. The van der Waals surface area contributed by atoms with Crippen LogP contribution in [0.1, 0.15) is 106 Å². The number of aliphatic carboxylic acids is 2. The second-order valence-electron chi connectivity index (χ2n) is 7.96. The summed E-state index contributed by atoms with van der Waals surface area (Å²) in [4.78, 5) is 21.1. The van der Waals surface area contributed by atoms with Gasteiger partial charge in [-0.25, -0.2) is 0 Å². The molecule has 0 aromatic heterocycles. The van der Waals surface area contributed by atoms with E-state index in [0.717, 1.165) is 38.5 Å². The van der Waals surface area contributed by atoms with Crippen molar-refractivity contribution in [1.82, 2.24) is 0 Å². The zero-order valence-electron chi connectivity index (χ0n) is 17.4. The molecular weight excluding hydrogens is 329 g/mol. The van der Waals surface area contributed by atoms with Crippen LogP contribution >= 0.6 is 0 Å². The Morgan fingerprint density at radius 1 is 0.640 bits per heavy atom. The zero-order chi connectivity index (χ0) is 19.2. The summed E-state index contributed by atoms with van der Waals surface area (Å²) >= 11 is 0. The predicted octanol–water partition coefficient (Wildman–Crippen LogP) is 3.09. The standard InChI is InChI=1S/2C10H20O2.Mg/c2*1-4-5-6-7-8-10(2,3)9(11)12;/h2*4-8H2,1-3H3,(H,11,12);/q;;+2/p-2. The summed E-state index contributed by atoms with van der Waals surface area (Å²) in [6.45, 7) is 11.2. The van der Waals surface area contributed by atoms with Crippen LogP contribution in [-0.4, -0.2) is 35.0 Å². The molecule has 0 atom stereocenters. The van der Waals surface area contributed by atoms with Gasteiger partial charge in [0, 0.05) is 22.8 Å². The fourth-order valence-corrected chi connectivity index (χ4v) is 2.19. The molecule has 0 heterocycles. The van der Waals surface area contributed by atoms with Gasteiger partial charge in [0.25, 0.3) is 0 Å². The van der Waals surface area contributed by atoms with E-state index in [0.29, 0.717) is 0 Å². The Kier molecular flexibility index (Phi) is 18.8. The number of carbonyl (C=O) groups is 2. The van der Waals surface area contributed by atoms with Gasteiger partial charge in [-0.1, -0.05) is 92.9 Å². The third-order valence-electron chi connectivity index (χ3n) is 4.42. The van der Waals surface area contributed by atoms with E-state index in [9.17, 15) is 19.8 Å². The summed E-state index contributed by atoms with van der Waals surface area (Å²) < 4.78 is 0. The molecule has 0 aliphatic carbocycles. The van der Waals surface area contributed by atoms with Crippen LogP contribution in [0.5, 0.6) is 0 Å². The van der Waals surface area contributed by atoms with Crippen LogP contribution in [0.25, 0.3) is 0 Å². The number of unbranched alkanes of at least 4 members (excludes halogenated alkanes) is 6. The summed E-state index contributed by atoms with van der Waals surface area (Å²) in [5, 5.41) is 21.1. The molecule has 5 heteroatoms. The van der Waals surface area contributed by atoms with Gasteiger partial charge in [-0.3, -0.25) is 0 Å². The van der Waals surface area contributed by atoms with Gasteiger partial charge in [-0.2, -0.15) is 0 Å². The molecule has 0 aliphatic rings. The molecule has 0 saturated heterocycles. The Balaban J connectivity index is -0.000000372. The number of carboxylic acids is 2. The molecule has 0 rings (SSSR count). The Bertz CT molecular complexity index is 318. The first-order chi connectivity index (χ1) is 11.0.